The molecule has 0 saturated heterocycles. The van der Waals surface area contributed by atoms with Crippen molar-refractivity contribution in [2.24, 2.45) is 0 Å². The zero-order chi connectivity index (χ0) is 13.9. The minimum atomic E-state index is 0.125. The topological polar surface area (TPSA) is 20.3 Å². The quantitative estimate of drug-likeness (QED) is 0.775. The Balaban J connectivity index is 1.78. The van der Waals surface area contributed by atoms with Crippen LogP contribution in [0.3, 0.4) is 0 Å². The molecule has 2 nitrogen and oxygen atoms in total. The Kier molecular flexibility index (Phi) is 3.55. The van der Waals surface area contributed by atoms with Gasteiger partial charge in [0.25, 0.3) is 0 Å². The number of hydrogen-bond donors (Lipinski definition) is 0. The van der Waals surface area contributed by atoms with Gasteiger partial charge in [0.1, 0.15) is 0 Å². The Morgan fingerprint density at radius 2 is 1.45 bits per heavy atom. The molecule has 0 N–H and O–H groups in total. The molecule has 0 radical (unpaired) electrons. The first-order valence-corrected chi connectivity index (χ1v) is 7.17. The minimum absolute atomic E-state index is 0.125. The Morgan fingerprint density at radius 1 is 0.900 bits per heavy atom. The Labute approximate surface area is 120 Å². The van der Waals surface area contributed by atoms with Gasteiger partial charge in [-0.3, -0.25) is 4.79 Å². The SMILES string of the molecule is CC(=O)c1ccc(N2CCc3ccccc3CC2)cc1. The summed E-state index contributed by atoms with van der Waals surface area (Å²) in [5, 5.41) is 0. The van der Waals surface area contributed by atoms with Crippen molar-refractivity contribution in [3.8, 4) is 0 Å². The molecular weight excluding hydrogens is 246 g/mol. The molecular formula is C18H19NO. The zero-order valence-corrected chi connectivity index (χ0v) is 11.8. The fourth-order valence-corrected chi connectivity index (χ4v) is 2.83. The molecule has 3 rings (SSSR count). The van der Waals surface area contributed by atoms with E-state index >= 15 is 0 Å². The van der Waals surface area contributed by atoms with E-state index in [9.17, 15) is 4.79 Å². The smallest absolute Gasteiger partial charge is 0.159 e. The largest absolute Gasteiger partial charge is 0.371 e. The standard InChI is InChI=1S/C18H19NO/c1-14(20)15-6-8-18(9-7-15)19-12-10-16-4-2-3-5-17(16)11-13-19/h2-9H,10-13H2,1H3. The summed E-state index contributed by atoms with van der Waals surface area (Å²) >= 11 is 0. The number of rotatable bonds is 2. The Bertz CT molecular complexity index is 589. The summed E-state index contributed by atoms with van der Waals surface area (Å²) in [5.41, 5.74) is 4.93. The van der Waals surface area contributed by atoms with Gasteiger partial charge < -0.3 is 4.90 Å². The highest BCUT2D eigenvalue weighted by molar-refractivity contribution is 5.94. The van der Waals surface area contributed by atoms with E-state index in [1.165, 1.54) is 16.8 Å². The number of anilines is 1. The van der Waals surface area contributed by atoms with Gasteiger partial charge in [0.15, 0.2) is 5.78 Å². The van der Waals surface area contributed by atoms with Crippen molar-refractivity contribution in [1.29, 1.82) is 0 Å². The van der Waals surface area contributed by atoms with Crippen LogP contribution in [0.5, 0.6) is 0 Å². The first kappa shape index (κ1) is 12.9. The first-order valence-electron chi connectivity index (χ1n) is 7.17. The number of Topliss-reactive ketones (excluding diaryl/α,β-unsaturated/α-hetero) is 1. The molecule has 20 heavy (non-hydrogen) atoms. The number of ketones is 1. The summed E-state index contributed by atoms with van der Waals surface area (Å²) in [5.74, 6) is 0.125. The normalized spacial score (nSPS) is 14.6. The second kappa shape index (κ2) is 5.49. The summed E-state index contributed by atoms with van der Waals surface area (Å²) < 4.78 is 0. The third-order valence-corrected chi connectivity index (χ3v) is 4.06. The Hall–Kier alpha value is -2.09. The lowest BCUT2D eigenvalue weighted by Gasteiger charge is -2.22. The van der Waals surface area contributed by atoms with Gasteiger partial charge >= 0.3 is 0 Å². The lowest BCUT2D eigenvalue weighted by molar-refractivity contribution is 0.101. The molecule has 0 saturated carbocycles. The van der Waals surface area contributed by atoms with Crippen LogP contribution >= 0.6 is 0 Å². The molecule has 0 fully saturated rings. The third-order valence-electron chi connectivity index (χ3n) is 4.06. The molecule has 0 aliphatic carbocycles. The van der Waals surface area contributed by atoms with E-state index in [4.69, 9.17) is 0 Å². The molecule has 1 aliphatic rings. The van der Waals surface area contributed by atoms with Crippen molar-refractivity contribution in [3.05, 3.63) is 65.2 Å². The molecule has 2 heteroatoms. The van der Waals surface area contributed by atoms with Crippen LogP contribution < -0.4 is 4.90 Å². The summed E-state index contributed by atoms with van der Waals surface area (Å²) in [7, 11) is 0. The van der Waals surface area contributed by atoms with Crippen molar-refractivity contribution in [3.63, 3.8) is 0 Å². The molecule has 2 aromatic carbocycles. The van der Waals surface area contributed by atoms with Gasteiger partial charge in [-0.1, -0.05) is 24.3 Å². The summed E-state index contributed by atoms with van der Waals surface area (Å²) in [4.78, 5) is 13.7. The van der Waals surface area contributed by atoms with E-state index < -0.39 is 0 Å². The van der Waals surface area contributed by atoms with Gasteiger partial charge in [0, 0.05) is 24.3 Å². The fourth-order valence-electron chi connectivity index (χ4n) is 2.83. The first-order chi connectivity index (χ1) is 9.74. The average molecular weight is 265 g/mol. The third kappa shape index (κ3) is 2.60. The van der Waals surface area contributed by atoms with Crippen molar-refractivity contribution in [2.75, 3.05) is 18.0 Å². The molecule has 1 heterocycles. The van der Waals surface area contributed by atoms with Crippen LogP contribution in [-0.2, 0) is 12.8 Å². The van der Waals surface area contributed by atoms with E-state index in [0.717, 1.165) is 31.5 Å². The van der Waals surface area contributed by atoms with Crippen LogP contribution in [0.2, 0.25) is 0 Å². The number of carbonyl (C=O) groups is 1. The number of hydrogen-bond acceptors (Lipinski definition) is 2. The maximum absolute atomic E-state index is 11.3. The van der Waals surface area contributed by atoms with Gasteiger partial charge in [0.2, 0.25) is 0 Å². The van der Waals surface area contributed by atoms with Crippen LogP contribution in [-0.4, -0.2) is 18.9 Å². The Morgan fingerprint density at radius 3 is 1.95 bits per heavy atom. The summed E-state index contributed by atoms with van der Waals surface area (Å²) in [6, 6.07) is 16.7. The van der Waals surface area contributed by atoms with Gasteiger partial charge in [-0.15, -0.1) is 0 Å². The lowest BCUT2D eigenvalue weighted by atomic mass is 10.0. The molecule has 0 amide bonds. The van der Waals surface area contributed by atoms with Gasteiger partial charge in [0.05, 0.1) is 0 Å². The predicted molar refractivity (Wildman–Crippen MR) is 82.5 cm³/mol. The molecule has 2 aromatic rings. The predicted octanol–water partition coefficient (Wildman–Crippen LogP) is 3.49. The molecule has 1 aliphatic heterocycles. The van der Waals surface area contributed by atoms with E-state index in [1.54, 1.807) is 6.92 Å². The zero-order valence-electron chi connectivity index (χ0n) is 11.8. The highest BCUT2D eigenvalue weighted by Gasteiger charge is 2.14. The van der Waals surface area contributed by atoms with Gasteiger partial charge in [-0.2, -0.15) is 0 Å². The fraction of sp³-hybridized carbons (Fsp3) is 0.278. The number of nitrogens with zero attached hydrogens (tertiary/aromatic N) is 1. The number of carbonyl (C=O) groups excluding carboxylic acids is 1. The van der Waals surface area contributed by atoms with Crippen LogP contribution in [0.1, 0.15) is 28.4 Å². The van der Waals surface area contributed by atoms with Crippen LogP contribution in [0.15, 0.2) is 48.5 Å². The van der Waals surface area contributed by atoms with Crippen LogP contribution in [0, 0.1) is 0 Å². The molecule has 0 spiro atoms. The van der Waals surface area contributed by atoms with Gasteiger partial charge in [-0.25, -0.2) is 0 Å². The molecule has 0 atom stereocenters. The van der Waals surface area contributed by atoms with Crippen molar-refractivity contribution in [1.82, 2.24) is 0 Å². The summed E-state index contributed by atoms with van der Waals surface area (Å²) in [6.45, 7) is 3.68. The molecule has 0 aromatic heterocycles. The maximum Gasteiger partial charge on any atom is 0.159 e. The van der Waals surface area contributed by atoms with Crippen molar-refractivity contribution >= 4 is 11.5 Å². The maximum atomic E-state index is 11.3. The number of fused-ring (bicyclic) bond motifs is 1. The number of benzene rings is 2. The highest BCUT2D eigenvalue weighted by atomic mass is 16.1. The lowest BCUT2D eigenvalue weighted by Crippen LogP contribution is -2.25. The molecule has 0 unspecified atom stereocenters. The summed E-state index contributed by atoms with van der Waals surface area (Å²) in [6.07, 6.45) is 2.18. The van der Waals surface area contributed by atoms with Crippen LogP contribution in [0.25, 0.3) is 0 Å². The second-order valence-electron chi connectivity index (χ2n) is 5.36. The van der Waals surface area contributed by atoms with Crippen molar-refractivity contribution < 1.29 is 4.79 Å². The van der Waals surface area contributed by atoms with Crippen LogP contribution in [0.4, 0.5) is 5.69 Å². The molecule has 0 bridgehead atoms. The van der Waals surface area contributed by atoms with Crippen molar-refractivity contribution in [2.45, 2.75) is 19.8 Å². The van der Waals surface area contributed by atoms with E-state index in [1.807, 2.05) is 12.1 Å². The highest BCUT2D eigenvalue weighted by Crippen LogP contribution is 2.21. The second-order valence-corrected chi connectivity index (χ2v) is 5.36. The van der Waals surface area contributed by atoms with Gasteiger partial charge in [-0.05, 0) is 55.2 Å². The van der Waals surface area contributed by atoms with E-state index in [0.29, 0.717) is 0 Å². The minimum Gasteiger partial charge on any atom is -0.371 e. The molecule has 102 valence electrons. The average Bonchev–Trinajstić information content (AvgIpc) is 2.70. The van der Waals surface area contributed by atoms with E-state index in [-0.39, 0.29) is 5.78 Å². The monoisotopic (exact) mass is 265 g/mol. The van der Waals surface area contributed by atoms with E-state index in [2.05, 4.69) is 41.3 Å².